The second-order valence-corrected chi connectivity index (χ2v) is 5.79. The fraction of sp³-hybridized carbons (Fsp3) is 0.294. The molecule has 1 aliphatic heterocycles. The van der Waals surface area contributed by atoms with Crippen molar-refractivity contribution in [3.8, 4) is 0 Å². The zero-order valence-corrected chi connectivity index (χ0v) is 13.5. The first-order valence-corrected chi connectivity index (χ1v) is 7.42. The first kappa shape index (κ1) is 14.5. The third-order valence-electron chi connectivity index (χ3n) is 4.17. The quantitative estimate of drug-likeness (QED) is 0.883. The Labute approximate surface area is 131 Å². The molecular weight excluding hydrogens is 274 g/mol. The largest absolute Gasteiger partial charge is 0.378 e. The van der Waals surface area contributed by atoms with Crippen LogP contribution in [-0.2, 0) is 0 Å². The molecule has 2 aromatic carbocycles. The van der Waals surface area contributed by atoms with Gasteiger partial charge in [0.05, 0.1) is 31.0 Å². The molecule has 0 radical (unpaired) electrons. The third-order valence-corrected chi connectivity index (χ3v) is 4.17. The number of hydrogen-bond donors (Lipinski definition) is 1. The number of fused-ring (bicyclic) bond motifs is 1. The van der Waals surface area contributed by atoms with E-state index in [9.17, 15) is 0 Å². The van der Waals surface area contributed by atoms with Gasteiger partial charge in [0, 0.05) is 19.8 Å². The Kier molecular flexibility index (Phi) is 3.81. The lowest BCUT2D eigenvalue weighted by Crippen LogP contribution is -3.14. The van der Waals surface area contributed by atoms with Crippen LogP contribution in [0.15, 0.2) is 58.8 Å². The highest BCUT2D eigenvalue weighted by Crippen LogP contribution is 2.29. The first-order chi connectivity index (χ1) is 10.6. The molecule has 5 heteroatoms. The van der Waals surface area contributed by atoms with Crippen molar-refractivity contribution < 1.29 is 5.01 Å². The number of anilines is 2. The number of benzene rings is 2. The van der Waals surface area contributed by atoms with Gasteiger partial charge in [-0.05, 0) is 36.4 Å². The van der Waals surface area contributed by atoms with Crippen LogP contribution in [0.25, 0.3) is 0 Å². The van der Waals surface area contributed by atoms with Crippen molar-refractivity contribution in [1.82, 2.24) is 0 Å². The van der Waals surface area contributed by atoms with Gasteiger partial charge in [-0.15, -0.1) is 10.2 Å². The third kappa shape index (κ3) is 2.55. The van der Waals surface area contributed by atoms with Crippen LogP contribution in [0.5, 0.6) is 0 Å². The summed E-state index contributed by atoms with van der Waals surface area (Å²) in [6.07, 6.45) is 0.00900. The van der Waals surface area contributed by atoms with Crippen molar-refractivity contribution in [1.29, 1.82) is 0 Å². The lowest BCUT2D eigenvalue weighted by Gasteiger charge is -2.19. The molecule has 3 rings (SSSR count). The van der Waals surface area contributed by atoms with Crippen molar-refractivity contribution >= 4 is 17.1 Å². The van der Waals surface area contributed by atoms with E-state index in [4.69, 9.17) is 0 Å². The fourth-order valence-electron chi connectivity index (χ4n) is 2.71. The summed E-state index contributed by atoms with van der Waals surface area (Å²) < 4.78 is 0. The molecule has 0 saturated carbocycles. The molecule has 0 aromatic heterocycles. The predicted molar refractivity (Wildman–Crippen MR) is 89.8 cm³/mol. The first-order valence-electron chi connectivity index (χ1n) is 7.42. The molecule has 0 fully saturated rings. The topological polar surface area (TPSA) is 35.6 Å². The van der Waals surface area contributed by atoms with Gasteiger partial charge in [-0.25, -0.2) is 10.0 Å². The molecule has 1 N–H and O–H groups in total. The van der Waals surface area contributed by atoms with Gasteiger partial charge in [-0.3, -0.25) is 0 Å². The Morgan fingerprint density at radius 3 is 2.41 bits per heavy atom. The molecule has 0 bridgehead atoms. The van der Waals surface area contributed by atoms with Crippen LogP contribution >= 0.6 is 0 Å². The van der Waals surface area contributed by atoms with Crippen molar-refractivity contribution in [2.24, 2.45) is 10.2 Å². The summed E-state index contributed by atoms with van der Waals surface area (Å²) in [5.74, 6) is 0. The number of azo groups is 1. The Morgan fingerprint density at radius 1 is 1.05 bits per heavy atom. The van der Waals surface area contributed by atoms with E-state index in [1.54, 1.807) is 0 Å². The molecule has 1 aliphatic rings. The predicted octanol–water partition coefficient (Wildman–Crippen LogP) is 2.41. The highest BCUT2D eigenvalue weighted by Gasteiger charge is 2.35. The van der Waals surface area contributed by atoms with Crippen molar-refractivity contribution in [2.45, 2.75) is 6.17 Å². The molecule has 22 heavy (non-hydrogen) atoms. The summed E-state index contributed by atoms with van der Waals surface area (Å²) >= 11 is 0. The molecule has 2 aromatic rings. The molecule has 0 spiro atoms. The Balaban J connectivity index is 1.83. The van der Waals surface area contributed by atoms with Crippen LogP contribution in [0.3, 0.4) is 0 Å². The summed E-state index contributed by atoms with van der Waals surface area (Å²) in [4.78, 5) is 2.07. The SMILES string of the molecule is CN(C)c1ccc(N=NC2c3ccccc3N(C)[NH+]2C)cc1. The Morgan fingerprint density at radius 2 is 1.73 bits per heavy atom. The molecule has 5 nitrogen and oxygen atoms in total. The van der Waals surface area contributed by atoms with E-state index in [-0.39, 0.29) is 6.17 Å². The van der Waals surface area contributed by atoms with Gasteiger partial charge >= 0.3 is 0 Å². The summed E-state index contributed by atoms with van der Waals surface area (Å²) in [6, 6.07) is 16.5. The maximum Gasteiger partial charge on any atom is 0.250 e. The van der Waals surface area contributed by atoms with Crippen molar-refractivity contribution in [2.75, 3.05) is 38.1 Å². The van der Waals surface area contributed by atoms with Crippen LogP contribution in [-0.4, -0.2) is 28.2 Å². The number of rotatable bonds is 3. The normalized spacial score (nSPS) is 20.5. The average molecular weight is 296 g/mol. The number of hydrogen-bond acceptors (Lipinski definition) is 4. The lowest BCUT2D eigenvalue weighted by atomic mass is 10.1. The summed E-state index contributed by atoms with van der Waals surface area (Å²) in [5, 5.41) is 12.4. The highest BCUT2D eigenvalue weighted by atomic mass is 15.7. The molecule has 114 valence electrons. The fourth-order valence-corrected chi connectivity index (χ4v) is 2.71. The molecule has 2 atom stereocenters. The van der Waals surface area contributed by atoms with Crippen LogP contribution in [0, 0.1) is 0 Å². The minimum atomic E-state index is 0.00900. The maximum absolute atomic E-state index is 4.57. The highest BCUT2D eigenvalue weighted by molar-refractivity contribution is 5.54. The van der Waals surface area contributed by atoms with Gasteiger partial charge in [-0.1, -0.05) is 12.1 Å². The Bertz CT molecular complexity index is 678. The van der Waals surface area contributed by atoms with Crippen LogP contribution in [0.2, 0.25) is 0 Å². The van der Waals surface area contributed by atoms with E-state index >= 15 is 0 Å². The van der Waals surface area contributed by atoms with E-state index in [2.05, 4.69) is 70.6 Å². The minimum Gasteiger partial charge on any atom is -0.378 e. The smallest absolute Gasteiger partial charge is 0.250 e. The number of quaternary nitrogens is 1. The van der Waals surface area contributed by atoms with Gasteiger partial charge < -0.3 is 4.90 Å². The zero-order chi connectivity index (χ0) is 15.7. The number of nitrogens with one attached hydrogen (secondary N) is 1. The van der Waals surface area contributed by atoms with Crippen LogP contribution in [0.1, 0.15) is 11.7 Å². The minimum absolute atomic E-state index is 0.00900. The lowest BCUT2D eigenvalue weighted by molar-refractivity contribution is -0.912. The van der Waals surface area contributed by atoms with Gasteiger partial charge in [0.2, 0.25) is 0 Å². The molecule has 0 aliphatic carbocycles. The summed E-state index contributed by atoms with van der Waals surface area (Å²) in [5.41, 5.74) is 4.47. The van der Waals surface area contributed by atoms with Crippen LogP contribution < -0.4 is 14.9 Å². The van der Waals surface area contributed by atoms with Crippen molar-refractivity contribution in [3.63, 3.8) is 0 Å². The standard InChI is InChI=1S/C17H21N5/c1-20(2)14-11-9-13(10-12-14)18-19-17-15-7-5-6-8-16(15)21(3)22(17)4/h5-12,17H,1-4H3/p+1. The molecule has 0 saturated heterocycles. The molecule has 0 amide bonds. The van der Waals surface area contributed by atoms with E-state index in [1.807, 2.05) is 26.2 Å². The van der Waals surface area contributed by atoms with Gasteiger partial charge in [-0.2, -0.15) is 0 Å². The second kappa shape index (κ2) is 5.77. The Hall–Kier alpha value is -2.40. The molecular formula is C17H22N5+. The molecule has 2 unspecified atom stereocenters. The van der Waals surface area contributed by atoms with Gasteiger partial charge in [0.1, 0.15) is 0 Å². The van der Waals surface area contributed by atoms with Gasteiger partial charge in [0.15, 0.2) is 0 Å². The second-order valence-electron chi connectivity index (χ2n) is 5.79. The summed E-state index contributed by atoms with van der Waals surface area (Å²) in [7, 11) is 8.24. The van der Waals surface area contributed by atoms with E-state index in [1.165, 1.54) is 16.3 Å². The van der Waals surface area contributed by atoms with E-state index < -0.39 is 0 Å². The maximum atomic E-state index is 4.57. The monoisotopic (exact) mass is 296 g/mol. The summed E-state index contributed by atoms with van der Waals surface area (Å²) in [6.45, 7) is 0. The number of nitrogens with zero attached hydrogens (tertiary/aromatic N) is 4. The van der Waals surface area contributed by atoms with E-state index in [0.717, 1.165) is 11.4 Å². The number of para-hydroxylation sites is 1. The molecule has 1 heterocycles. The zero-order valence-electron chi connectivity index (χ0n) is 13.5. The van der Waals surface area contributed by atoms with Gasteiger partial charge in [0.25, 0.3) is 6.17 Å². The van der Waals surface area contributed by atoms with Crippen LogP contribution in [0.4, 0.5) is 17.1 Å². The average Bonchev–Trinajstić information content (AvgIpc) is 2.78. The van der Waals surface area contributed by atoms with Crippen molar-refractivity contribution in [3.05, 3.63) is 54.1 Å². The van der Waals surface area contributed by atoms with E-state index in [0.29, 0.717) is 0 Å².